The fourth-order valence-corrected chi connectivity index (χ4v) is 5.69. The molecule has 3 heterocycles. The number of unbranched alkanes of at least 4 members (excludes halogenated alkanes) is 1. The molecule has 0 aliphatic heterocycles. The maximum Gasteiger partial charge on any atom is 0.408 e. The van der Waals surface area contributed by atoms with Crippen molar-refractivity contribution in [1.29, 1.82) is 0 Å². The molecule has 0 unspecified atom stereocenters. The number of H-pyrrole nitrogens is 1. The molecule has 0 radical (unpaired) electrons. The number of nitrogens with two attached hydrogens (primary N) is 1. The normalized spacial score (nSPS) is 11.2. The van der Waals surface area contributed by atoms with Crippen molar-refractivity contribution in [2.45, 2.75) is 32.2 Å². The molecule has 62 heavy (non-hydrogen) atoms. The van der Waals surface area contributed by atoms with Crippen LogP contribution in [0.4, 0.5) is 10.6 Å². The SMILES string of the molecule is C#CCOC(=O)NCCOCCOCCOCCC(=O)NCCOCCOCCOCCOCCC(=O)NCCCCn1nc(-c2cc3cc(O)ccc3[nH]2)c2c(N)ncnc21. The Hall–Kier alpha value is -5.60. The molecular formula is C41H59N9O12. The molecule has 1 aromatic carbocycles. The predicted molar refractivity (Wildman–Crippen MR) is 227 cm³/mol. The molecule has 3 amide bonds. The van der Waals surface area contributed by atoms with E-state index in [0.717, 1.165) is 29.4 Å². The summed E-state index contributed by atoms with van der Waals surface area (Å²) in [6.45, 7) is 6.78. The number of carbonyl (C=O) groups excluding carboxylic acids is 3. The fraction of sp³-hybridized carbons (Fsp3) is 0.561. The molecule has 0 atom stereocenters. The molecule has 0 bridgehead atoms. The molecular weight excluding hydrogens is 811 g/mol. The van der Waals surface area contributed by atoms with Crippen LogP contribution in [0.1, 0.15) is 25.7 Å². The van der Waals surface area contributed by atoms with E-state index in [1.807, 2.05) is 6.07 Å². The number of nitrogen functional groups attached to an aromatic ring is 1. The van der Waals surface area contributed by atoms with Crippen LogP contribution in [0, 0.1) is 12.3 Å². The van der Waals surface area contributed by atoms with E-state index < -0.39 is 6.09 Å². The number of anilines is 1. The quantitative estimate of drug-likeness (QED) is 0.0287. The van der Waals surface area contributed by atoms with Crippen LogP contribution < -0.4 is 21.7 Å². The number of ether oxygens (including phenoxy) is 8. The van der Waals surface area contributed by atoms with Crippen LogP contribution in [-0.4, -0.2) is 166 Å². The van der Waals surface area contributed by atoms with E-state index in [9.17, 15) is 19.5 Å². The molecule has 0 spiro atoms. The summed E-state index contributed by atoms with van der Waals surface area (Å²) in [5.41, 5.74) is 9.09. The number of fused-ring (bicyclic) bond motifs is 2. The Morgan fingerprint density at radius 3 is 1.90 bits per heavy atom. The first-order chi connectivity index (χ1) is 30.4. The van der Waals surface area contributed by atoms with Crippen LogP contribution in [-0.2, 0) is 54.0 Å². The summed E-state index contributed by atoms with van der Waals surface area (Å²) >= 11 is 0. The maximum absolute atomic E-state index is 12.3. The van der Waals surface area contributed by atoms with E-state index in [1.165, 1.54) is 6.33 Å². The zero-order valence-electron chi connectivity index (χ0n) is 35.0. The first kappa shape index (κ1) is 49.1. The number of phenols is 1. The highest BCUT2D eigenvalue weighted by molar-refractivity contribution is 6.00. The minimum atomic E-state index is -0.588. The lowest BCUT2D eigenvalue weighted by Crippen LogP contribution is -2.28. The highest BCUT2D eigenvalue weighted by Crippen LogP contribution is 2.32. The Kier molecular flexibility index (Phi) is 23.4. The fourth-order valence-electron chi connectivity index (χ4n) is 5.69. The molecule has 0 saturated carbocycles. The van der Waals surface area contributed by atoms with Crippen molar-refractivity contribution in [2.75, 3.05) is 124 Å². The summed E-state index contributed by atoms with van der Waals surface area (Å²) in [6.07, 6.45) is 7.80. The number of nitrogens with zero attached hydrogens (tertiary/aromatic N) is 4. The molecule has 21 nitrogen and oxygen atoms in total. The first-order valence-corrected chi connectivity index (χ1v) is 20.6. The first-order valence-electron chi connectivity index (χ1n) is 20.6. The molecule has 7 N–H and O–H groups in total. The van der Waals surface area contributed by atoms with Crippen molar-refractivity contribution < 1.29 is 57.4 Å². The number of rotatable bonds is 34. The number of phenolic OH excluding ortho intramolecular Hbond substituents is 1. The number of aromatic amines is 1. The van der Waals surface area contributed by atoms with Crippen LogP contribution in [0.5, 0.6) is 5.75 Å². The van der Waals surface area contributed by atoms with Gasteiger partial charge in [-0.2, -0.15) is 5.10 Å². The van der Waals surface area contributed by atoms with Crippen molar-refractivity contribution >= 4 is 45.7 Å². The van der Waals surface area contributed by atoms with E-state index in [-0.39, 0.29) is 43.6 Å². The second-order valence-electron chi connectivity index (χ2n) is 13.4. The van der Waals surface area contributed by atoms with Gasteiger partial charge in [0.1, 0.15) is 23.6 Å². The Labute approximate surface area is 360 Å². The van der Waals surface area contributed by atoms with Crippen LogP contribution in [0.25, 0.3) is 33.3 Å². The van der Waals surface area contributed by atoms with Gasteiger partial charge in [-0.15, -0.1) is 6.42 Å². The van der Waals surface area contributed by atoms with Gasteiger partial charge in [-0.25, -0.2) is 19.4 Å². The molecule has 340 valence electrons. The summed E-state index contributed by atoms with van der Waals surface area (Å²) in [5, 5.41) is 24.3. The molecule has 0 fully saturated rings. The van der Waals surface area contributed by atoms with Crippen LogP contribution in [0.3, 0.4) is 0 Å². The summed E-state index contributed by atoms with van der Waals surface area (Å²) in [7, 11) is 0. The Morgan fingerprint density at radius 2 is 1.29 bits per heavy atom. The average molecular weight is 870 g/mol. The number of carbonyl (C=O) groups is 3. The number of amides is 3. The van der Waals surface area contributed by atoms with Gasteiger partial charge < -0.3 is 69.7 Å². The van der Waals surface area contributed by atoms with E-state index in [1.54, 1.807) is 22.9 Å². The van der Waals surface area contributed by atoms with Crippen molar-refractivity contribution in [1.82, 2.24) is 40.7 Å². The Bertz CT molecular complexity index is 1970. The van der Waals surface area contributed by atoms with Crippen molar-refractivity contribution in [3.05, 3.63) is 30.6 Å². The zero-order valence-corrected chi connectivity index (χ0v) is 35.0. The zero-order chi connectivity index (χ0) is 44.0. The van der Waals surface area contributed by atoms with Gasteiger partial charge in [-0.05, 0) is 37.1 Å². The third-order valence-electron chi connectivity index (χ3n) is 8.71. The van der Waals surface area contributed by atoms with Crippen molar-refractivity contribution in [3.8, 4) is 29.5 Å². The van der Waals surface area contributed by atoms with Gasteiger partial charge in [0, 0.05) is 49.9 Å². The van der Waals surface area contributed by atoms with Gasteiger partial charge in [-0.1, -0.05) is 5.92 Å². The van der Waals surface area contributed by atoms with Crippen LogP contribution in [0.2, 0.25) is 0 Å². The summed E-state index contributed by atoms with van der Waals surface area (Å²) in [6, 6.07) is 7.01. The number of hydrogen-bond acceptors (Lipinski definition) is 16. The van der Waals surface area contributed by atoms with E-state index in [0.29, 0.717) is 135 Å². The van der Waals surface area contributed by atoms with Crippen molar-refractivity contribution in [2.24, 2.45) is 0 Å². The lowest BCUT2D eigenvalue weighted by Gasteiger charge is -2.09. The molecule has 21 heteroatoms. The van der Waals surface area contributed by atoms with Crippen LogP contribution >= 0.6 is 0 Å². The molecule has 4 aromatic rings. The number of terminal acetylenes is 1. The van der Waals surface area contributed by atoms with Crippen LogP contribution in [0.15, 0.2) is 30.6 Å². The minimum absolute atomic E-state index is 0.0779. The van der Waals surface area contributed by atoms with Gasteiger partial charge >= 0.3 is 6.09 Å². The van der Waals surface area contributed by atoms with Gasteiger partial charge in [-0.3, -0.25) is 9.59 Å². The molecule has 4 rings (SSSR count). The Morgan fingerprint density at radius 1 is 0.726 bits per heavy atom. The van der Waals surface area contributed by atoms with E-state index in [4.69, 9.17) is 50.4 Å². The third kappa shape index (κ3) is 19.0. The average Bonchev–Trinajstić information content (AvgIpc) is 3.86. The lowest BCUT2D eigenvalue weighted by atomic mass is 10.2. The number of aryl methyl sites for hydroxylation is 1. The highest BCUT2D eigenvalue weighted by atomic mass is 16.6. The number of nitrogens with one attached hydrogen (secondary N) is 4. The largest absolute Gasteiger partial charge is 0.508 e. The van der Waals surface area contributed by atoms with Crippen molar-refractivity contribution in [3.63, 3.8) is 0 Å². The van der Waals surface area contributed by atoms with Gasteiger partial charge in [0.15, 0.2) is 12.3 Å². The van der Waals surface area contributed by atoms with E-state index in [2.05, 4.69) is 41.6 Å². The summed E-state index contributed by atoms with van der Waals surface area (Å²) < 4.78 is 44.5. The number of benzene rings is 1. The number of hydrogen-bond donors (Lipinski definition) is 6. The van der Waals surface area contributed by atoms with Gasteiger partial charge in [0.25, 0.3) is 0 Å². The summed E-state index contributed by atoms with van der Waals surface area (Å²) in [5.74, 6) is 2.49. The third-order valence-corrected chi connectivity index (χ3v) is 8.71. The smallest absolute Gasteiger partial charge is 0.408 e. The lowest BCUT2D eigenvalue weighted by molar-refractivity contribution is -0.123. The summed E-state index contributed by atoms with van der Waals surface area (Å²) in [4.78, 5) is 47.3. The van der Waals surface area contributed by atoms with Gasteiger partial charge in [0.05, 0.1) is 104 Å². The second kappa shape index (κ2) is 29.6. The molecule has 0 saturated heterocycles. The molecule has 0 aliphatic carbocycles. The number of aromatic nitrogens is 5. The predicted octanol–water partition coefficient (Wildman–Crippen LogP) is 1.53. The monoisotopic (exact) mass is 869 g/mol. The molecule has 0 aliphatic rings. The number of alkyl carbamates (subject to hydrolysis) is 1. The van der Waals surface area contributed by atoms with Gasteiger partial charge in [0.2, 0.25) is 11.8 Å². The Balaban J connectivity index is 0.873. The van der Waals surface area contributed by atoms with E-state index >= 15 is 0 Å². The second-order valence-corrected chi connectivity index (χ2v) is 13.4. The molecule has 3 aromatic heterocycles. The topological polar surface area (TPSA) is 267 Å². The minimum Gasteiger partial charge on any atom is -0.508 e. The maximum atomic E-state index is 12.3. The highest BCUT2D eigenvalue weighted by Gasteiger charge is 2.19. The number of aromatic hydroxyl groups is 1. The standard InChI is InChI=1S/C41H59N9O12/c1-2-13-62-41(54)45-11-17-58-21-25-59-22-18-56-15-8-36(53)44-10-16-57-20-24-61-27-26-60-23-19-55-14-7-35(52)43-9-3-4-12-50-40-37(39(42)46-30-47-40)38(49-50)34-29-31-28-32(51)5-6-33(31)48-34/h1,5-6,28-30,48,51H,3-4,7-27H2,(H,43,52)(H,44,53)(H,45,54)(H2,42,46,47).